The van der Waals surface area contributed by atoms with Gasteiger partial charge in [-0.1, -0.05) is 26.0 Å². The molecule has 0 radical (unpaired) electrons. The van der Waals surface area contributed by atoms with Crippen LogP contribution in [-0.2, 0) is 11.4 Å². The lowest BCUT2D eigenvalue weighted by molar-refractivity contribution is -0.224. The Bertz CT molecular complexity index is 905. The quantitative estimate of drug-likeness (QED) is 0.880. The normalized spacial score (nSPS) is 26.3. The Labute approximate surface area is 146 Å². The number of ketones is 1. The second kappa shape index (κ2) is 4.84. The summed E-state index contributed by atoms with van der Waals surface area (Å²) in [5.74, 6) is -2.01. The molecule has 25 heavy (non-hydrogen) atoms. The lowest BCUT2D eigenvalue weighted by atomic mass is 9.86. The fraction of sp³-hybridized carbons (Fsp3) is 0.350. The molecule has 1 aliphatic heterocycles. The molecule has 2 aromatic carbocycles. The largest absolute Gasteiger partial charge is 0.454 e. The van der Waals surface area contributed by atoms with Gasteiger partial charge in [-0.15, -0.1) is 0 Å². The van der Waals surface area contributed by atoms with Crippen LogP contribution in [0.1, 0.15) is 46.8 Å². The summed E-state index contributed by atoms with van der Waals surface area (Å²) in [6.45, 7) is 4.09. The highest BCUT2D eigenvalue weighted by Crippen LogP contribution is 2.58. The molecule has 4 rings (SSSR count). The van der Waals surface area contributed by atoms with Crippen molar-refractivity contribution in [3.8, 4) is 5.75 Å². The summed E-state index contributed by atoms with van der Waals surface area (Å²) in [6, 6.07) is 10.4. The predicted octanol–water partition coefficient (Wildman–Crippen LogP) is 2.50. The van der Waals surface area contributed by atoms with Crippen LogP contribution in [0.2, 0.25) is 0 Å². The second-order valence-electron chi connectivity index (χ2n) is 7.32. The summed E-state index contributed by atoms with van der Waals surface area (Å²) >= 11 is 0. The lowest BCUT2D eigenvalue weighted by Gasteiger charge is -2.28. The van der Waals surface area contributed by atoms with E-state index in [0.717, 1.165) is 11.3 Å². The van der Waals surface area contributed by atoms with Crippen LogP contribution in [0.25, 0.3) is 0 Å². The first-order chi connectivity index (χ1) is 11.7. The number of ether oxygens (including phenoxy) is 1. The van der Waals surface area contributed by atoms with E-state index in [2.05, 4.69) is 0 Å². The Hall–Kier alpha value is -2.37. The third-order valence-electron chi connectivity index (χ3n) is 5.27. The number of Topliss-reactive ketones (excluding diaryl/α,β-unsaturated/α-hetero) is 1. The number of hydrogen-bond acceptors (Lipinski definition) is 5. The van der Waals surface area contributed by atoms with Crippen LogP contribution in [-0.4, -0.2) is 30.1 Å². The van der Waals surface area contributed by atoms with Crippen molar-refractivity contribution in [2.24, 2.45) is 0 Å². The first-order valence-corrected chi connectivity index (χ1v) is 8.35. The molecule has 0 amide bonds. The number of rotatable bonds is 2. The molecule has 1 aliphatic carbocycles. The van der Waals surface area contributed by atoms with Crippen molar-refractivity contribution in [3.63, 3.8) is 0 Å². The third-order valence-corrected chi connectivity index (χ3v) is 5.27. The van der Waals surface area contributed by atoms with Crippen molar-refractivity contribution in [3.05, 3.63) is 58.7 Å². The fourth-order valence-electron chi connectivity index (χ4n) is 3.71. The van der Waals surface area contributed by atoms with Gasteiger partial charge in [-0.2, -0.15) is 0 Å². The average molecular weight is 339 g/mol. The Morgan fingerprint density at radius 1 is 1.04 bits per heavy atom. The zero-order chi connectivity index (χ0) is 18.1. The highest BCUT2D eigenvalue weighted by molar-refractivity contribution is 6.10. The summed E-state index contributed by atoms with van der Waals surface area (Å²) in [4.78, 5) is 14.9. The topological polar surface area (TPSA) is 70.0 Å². The van der Waals surface area contributed by atoms with Crippen LogP contribution in [0.5, 0.6) is 5.75 Å². The molecule has 1 heterocycles. The van der Waals surface area contributed by atoms with Crippen LogP contribution in [0.15, 0.2) is 36.4 Å². The minimum absolute atomic E-state index is 0.268. The standard InChI is InChI=1S/C20H21NO4/c1-11(2)12-5-7-16-17(9-12)25-20(24)15-8-6-13(21(3)4)10-14(15)18(22)19(16,20)23/h5-11,23-24H,1-4H3. The number of benzene rings is 2. The Morgan fingerprint density at radius 3 is 2.36 bits per heavy atom. The van der Waals surface area contributed by atoms with E-state index in [1.807, 2.05) is 38.9 Å². The van der Waals surface area contributed by atoms with E-state index in [9.17, 15) is 15.0 Å². The maximum Gasteiger partial charge on any atom is 0.276 e. The van der Waals surface area contributed by atoms with Crippen molar-refractivity contribution in [2.45, 2.75) is 31.2 Å². The Morgan fingerprint density at radius 2 is 1.72 bits per heavy atom. The van der Waals surface area contributed by atoms with Gasteiger partial charge in [0.05, 0.1) is 0 Å². The highest BCUT2D eigenvalue weighted by Gasteiger charge is 2.70. The molecule has 0 saturated heterocycles. The van der Waals surface area contributed by atoms with E-state index in [0.29, 0.717) is 16.9 Å². The van der Waals surface area contributed by atoms with Crippen molar-refractivity contribution >= 4 is 11.5 Å². The SMILES string of the molecule is CC(C)c1ccc2c(c1)OC1(O)c3ccc(N(C)C)cc3C(=O)C21O. The van der Waals surface area contributed by atoms with Crippen LogP contribution < -0.4 is 9.64 Å². The van der Waals surface area contributed by atoms with Crippen molar-refractivity contribution in [2.75, 3.05) is 19.0 Å². The average Bonchev–Trinajstić information content (AvgIpc) is 2.90. The van der Waals surface area contributed by atoms with Gasteiger partial charge < -0.3 is 19.8 Å². The Kier molecular flexibility index (Phi) is 3.12. The molecule has 0 saturated carbocycles. The fourth-order valence-corrected chi connectivity index (χ4v) is 3.71. The number of anilines is 1. The Balaban J connectivity index is 1.91. The van der Waals surface area contributed by atoms with Gasteiger partial charge in [0, 0.05) is 36.5 Å². The maximum absolute atomic E-state index is 13.1. The van der Waals surface area contributed by atoms with Crippen LogP contribution in [0.4, 0.5) is 5.69 Å². The molecule has 2 atom stereocenters. The van der Waals surface area contributed by atoms with Gasteiger partial charge in [0.2, 0.25) is 11.4 Å². The molecule has 0 aromatic heterocycles. The van der Waals surface area contributed by atoms with Gasteiger partial charge in [0.1, 0.15) is 5.75 Å². The van der Waals surface area contributed by atoms with Gasteiger partial charge >= 0.3 is 0 Å². The highest BCUT2D eigenvalue weighted by atomic mass is 16.7. The minimum atomic E-state index is -2.12. The minimum Gasteiger partial charge on any atom is -0.454 e. The molecule has 0 spiro atoms. The van der Waals surface area contributed by atoms with E-state index < -0.39 is 17.2 Å². The zero-order valence-corrected chi connectivity index (χ0v) is 14.7. The third kappa shape index (κ3) is 1.82. The molecular weight excluding hydrogens is 318 g/mol. The molecule has 2 N–H and O–H groups in total. The molecule has 2 aliphatic rings. The van der Waals surface area contributed by atoms with Gasteiger partial charge in [-0.25, -0.2) is 0 Å². The number of carbonyl (C=O) groups excluding carboxylic acids is 1. The van der Waals surface area contributed by atoms with Crippen molar-refractivity contribution < 1.29 is 19.7 Å². The summed E-state index contributed by atoms with van der Waals surface area (Å²) in [7, 11) is 3.73. The van der Waals surface area contributed by atoms with Crippen LogP contribution in [0, 0.1) is 0 Å². The summed E-state index contributed by atoms with van der Waals surface area (Å²) in [6.07, 6.45) is 0. The monoisotopic (exact) mass is 339 g/mol. The maximum atomic E-state index is 13.1. The predicted molar refractivity (Wildman–Crippen MR) is 94.1 cm³/mol. The summed E-state index contributed by atoms with van der Waals surface area (Å²) in [5, 5.41) is 22.4. The van der Waals surface area contributed by atoms with E-state index >= 15 is 0 Å². The number of carbonyl (C=O) groups is 1. The molecular formula is C20H21NO4. The lowest BCUT2D eigenvalue weighted by Crippen LogP contribution is -2.48. The van der Waals surface area contributed by atoms with Crippen LogP contribution in [0.3, 0.4) is 0 Å². The van der Waals surface area contributed by atoms with E-state index in [-0.39, 0.29) is 11.5 Å². The first kappa shape index (κ1) is 16.1. The van der Waals surface area contributed by atoms with Gasteiger partial charge in [0.15, 0.2) is 0 Å². The molecule has 5 nitrogen and oxygen atoms in total. The molecule has 130 valence electrons. The van der Waals surface area contributed by atoms with Crippen molar-refractivity contribution in [1.82, 2.24) is 0 Å². The molecule has 2 unspecified atom stereocenters. The van der Waals surface area contributed by atoms with Crippen molar-refractivity contribution in [1.29, 1.82) is 0 Å². The van der Waals surface area contributed by atoms with Gasteiger partial charge in [-0.3, -0.25) is 4.79 Å². The number of aliphatic hydroxyl groups is 2. The molecule has 2 aromatic rings. The second-order valence-corrected chi connectivity index (χ2v) is 7.32. The molecule has 0 bridgehead atoms. The van der Waals surface area contributed by atoms with E-state index in [4.69, 9.17) is 4.74 Å². The summed E-state index contributed by atoms with van der Waals surface area (Å²) < 4.78 is 5.78. The van der Waals surface area contributed by atoms with Gasteiger partial charge in [-0.05, 0) is 35.7 Å². The van der Waals surface area contributed by atoms with Gasteiger partial charge in [0.25, 0.3) is 5.79 Å². The molecule has 5 heteroatoms. The summed E-state index contributed by atoms with van der Waals surface area (Å²) in [5.41, 5.74) is 0.608. The number of hydrogen-bond donors (Lipinski definition) is 2. The number of nitrogens with zero attached hydrogens (tertiary/aromatic N) is 1. The first-order valence-electron chi connectivity index (χ1n) is 8.35. The number of fused-ring (bicyclic) bond motifs is 5. The molecule has 0 fully saturated rings. The smallest absolute Gasteiger partial charge is 0.276 e. The van der Waals surface area contributed by atoms with E-state index in [1.54, 1.807) is 30.3 Å². The van der Waals surface area contributed by atoms with E-state index in [1.165, 1.54) is 0 Å². The van der Waals surface area contributed by atoms with Crippen LogP contribution >= 0.6 is 0 Å². The zero-order valence-electron chi connectivity index (χ0n) is 14.7.